The van der Waals surface area contributed by atoms with E-state index in [4.69, 9.17) is 22.4 Å². The number of carbonyl (C=O) groups excluding carboxylic acids is 1. The Labute approximate surface area is 124 Å². The topological polar surface area (TPSA) is 83.6 Å². The fourth-order valence-corrected chi connectivity index (χ4v) is 2.79. The molecule has 0 aliphatic rings. The van der Waals surface area contributed by atoms with Crippen molar-refractivity contribution in [1.29, 1.82) is 0 Å². The smallest absolute Gasteiger partial charge is 0.323 e. The first-order valence-electron chi connectivity index (χ1n) is 5.62. The molecular weight excluding hydrogens is 300 g/mol. The number of halogens is 1. The predicted molar refractivity (Wildman–Crippen MR) is 79.5 cm³/mol. The summed E-state index contributed by atoms with van der Waals surface area (Å²) in [6.45, 7) is -0.485. The number of hydrogen-bond donors (Lipinski definition) is 2. The Bertz CT molecular complexity index is 657. The molecule has 20 heavy (non-hydrogen) atoms. The molecule has 104 valence electrons. The second kappa shape index (κ2) is 5.94. The molecule has 0 saturated carbocycles. The zero-order valence-corrected chi connectivity index (χ0v) is 11.8. The molecule has 5 nitrogen and oxygen atoms in total. The Morgan fingerprint density at radius 1 is 1.30 bits per heavy atom. The van der Waals surface area contributed by atoms with Crippen molar-refractivity contribution in [2.24, 2.45) is 0 Å². The van der Waals surface area contributed by atoms with Crippen LogP contribution in [0.15, 0.2) is 35.7 Å². The number of carbonyl (C=O) groups is 2. The minimum absolute atomic E-state index is 0.288. The van der Waals surface area contributed by atoms with Crippen molar-refractivity contribution in [2.75, 3.05) is 17.2 Å². The number of anilines is 2. The summed E-state index contributed by atoms with van der Waals surface area (Å²) in [6.07, 6.45) is 0. The number of carboxylic acid groups (broad SMARTS) is 1. The van der Waals surface area contributed by atoms with Crippen molar-refractivity contribution >= 4 is 46.2 Å². The number of aliphatic carboxylic acids is 1. The lowest BCUT2D eigenvalue weighted by atomic mass is 10.2. The van der Waals surface area contributed by atoms with E-state index in [2.05, 4.69) is 0 Å². The van der Waals surface area contributed by atoms with Crippen molar-refractivity contribution in [3.63, 3.8) is 0 Å². The Kier molecular flexibility index (Phi) is 4.26. The van der Waals surface area contributed by atoms with Crippen LogP contribution in [0.5, 0.6) is 0 Å². The van der Waals surface area contributed by atoms with Gasteiger partial charge in [0.1, 0.15) is 11.4 Å². The summed E-state index contributed by atoms with van der Waals surface area (Å²) in [7, 11) is 0. The standard InChI is InChI=1S/C13H11ClN2O3S/c14-8-5-6-20-12(8)13(19)16(7-11(17)18)10-4-2-1-3-9(10)15/h1-6H,7,15H2,(H,17,18). The van der Waals surface area contributed by atoms with E-state index in [1.165, 1.54) is 0 Å². The summed E-state index contributed by atoms with van der Waals surface area (Å²) in [5.41, 5.74) is 6.49. The number of amides is 1. The molecule has 3 N–H and O–H groups in total. The van der Waals surface area contributed by atoms with Crippen LogP contribution in [0, 0.1) is 0 Å². The maximum absolute atomic E-state index is 12.4. The quantitative estimate of drug-likeness (QED) is 0.850. The number of nitrogens with two attached hydrogens (primary N) is 1. The molecule has 1 heterocycles. The minimum Gasteiger partial charge on any atom is -0.480 e. The van der Waals surface area contributed by atoms with Crippen LogP contribution in [0.1, 0.15) is 9.67 Å². The first-order chi connectivity index (χ1) is 9.50. The second-order valence-electron chi connectivity index (χ2n) is 3.94. The number of carboxylic acids is 1. The molecule has 2 aromatic rings. The summed E-state index contributed by atoms with van der Waals surface area (Å²) >= 11 is 7.08. The summed E-state index contributed by atoms with van der Waals surface area (Å²) in [5, 5.41) is 11.0. The molecule has 0 atom stereocenters. The Morgan fingerprint density at radius 3 is 2.55 bits per heavy atom. The molecule has 1 aromatic carbocycles. The van der Waals surface area contributed by atoms with Gasteiger partial charge in [-0.3, -0.25) is 14.5 Å². The molecule has 0 aliphatic carbocycles. The van der Waals surface area contributed by atoms with Crippen LogP contribution < -0.4 is 10.6 Å². The van der Waals surface area contributed by atoms with Crippen molar-refractivity contribution in [3.8, 4) is 0 Å². The average Bonchev–Trinajstić information content (AvgIpc) is 2.82. The molecule has 0 fully saturated rings. The van der Waals surface area contributed by atoms with E-state index in [9.17, 15) is 9.59 Å². The summed E-state index contributed by atoms with van der Waals surface area (Å²) in [4.78, 5) is 24.8. The van der Waals surface area contributed by atoms with E-state index < -0.39 is 18.4 Å². The molecule has 0 spiro atoms. The molecule has 0 saturated heterocycles. The lowest BCUT2D eigenvalue weighted by Gasteiger charge is -2.21. The van der Waals surface area contributed by atoms with Gasteiger partial charge in [0.15, 0.2) is 0 Å². The minimum atomic E-state index is -1.13. The van der Waals surface area contributed by atoms with Gasteiger partial charge in [-0.2, -0.15) is 0 Å². The highest BCUT2D eigenvalue weighted by molar-refractivity contribution is 7.12. The van der Waals surface area contributed by atoms with Gasteiger partial charge in [0.2, 0.25) is 0 Å². The van der Waals surface area contributed by atoms with E-state index in [-0.39, 0.29) is 4.88 Å². The Hall–Kier alpha value is -2.05. The molecule has 1 amide bonds. The van der Waals surface area contributed by atoms with E-state index >= 15 is 0 Å². The van der Waals surface area contributed by atoms with Crippen molar-refractivity contribution in [1.82, 2.24) is 0 Å². The van der Waals surface area contributed by atoms with Gasteiger partial charge in [-0.1, -0.05) is 23.7 Å². The first kappa shape index (κ1) is 14.4. The lowest BCUT2D eigenvalue weighted by molar-refractivity contribution is -0.135. The highest BCUT2D eigenvalue weighted by atomic mass is 35.5. The van der Waals surface area contributed by atoms with Crippen LogP contribution in [0.25, 0.3) is 0 Å². The van der Waals surface area contributed by atoms with E-state index in [0.717, 1.165) is 16.2 Å². The number of nitrogens with zero attached hydrogens (tertiary/aromatic N) is 1. The number of para-hydroxylation sites is 2. The van der Waals surface area contributed by atoms with Crippen LogP contribution in [0.3, 0.4) is 0 Å². The molecule has 1 aromatic heterocycles. The van der Waals surface area contributed by atoms with Crippen molar-refractivity contribution in [3.05, 3.63) is 45.6 Å². The highest BCUT2D eigenvalue weighted by Crippen LogP contribution is 2.28. The van der Waals surface area contributed by atoms with Gasteiger partial charge in [-0.15, -0.1) is 11.3 Å². The predicted octanol–water partition coefficient (Wildman–Crippen LogP) is 2.72. The molecule has 7 heteroatoms. The Balaban J connectivity index is 2.43. The van der Waals surface area contributed by atoms with Gasteiger partial charge in [-0.25, -0.2) is 0 Å². The lowest BCUT2D eigenvalue weighted by Crippen LogP contribution is -2.36. The van der Waals surface area contributed by atoms with Gasteiger partial charge in [0.25, 0.3) is 5.91 Å². The molecular formula is C13H11ClN2O3S. The molecule has 0 bridgehead atoms. The van der Waals surface area contributed by atoms with Gasteiger partial charge in [0, 0.05) is 0 Å². The zero-order chi connectivity index (χ0) is 14.7. The third-order valence-electron chi connectivity index (χ3n) is 2.58. The summed E-state index contributed by atoms with van der Waals surface area (Å²) in [5.74, 6) is -1.61. The van der Waals surface area contributed by atoms with Gasteiger partial charge < -0.3 is 10.8 Å². The van der Waals surface area contributed by atoms with E-state index in [1.54, 1.807) is 35.7 Å². The van der Waals surface area contributed by atoms with Gasteiger partial charge in [-0.05, 0) is 23.6 Å². The number of hydrogen-bond acceptors (Lipinski definition) is 4. The monoisotopic (exact) mass is 310 g/mol. The highest BCUT2D eigenvalue weighted by Gasteiger charge is 2.24. The van der Waals surface area contributed by atoms with Crippen molar-refractivity contribution in [2.45, 2.75) is 0 Å². The SMILES string of the molecule is Nc1ccccc1N(CC(=O)O)C(=O)c1sccc1Cl. The van der Waals surface area contributed by atoms with E-state index in [1.807, 2.05) is 0 Å². The number of thiophene rings is 1. The Morgan fingerprint density at radius 2 is 2.00 bits per heavy atom. The second-order valence-corrected chi connectivity index (χ2v) is 5.26. The molecule has 0 unspecified atom stereocenters. The maximum Gasteiger partial charge on any atom is 0.323 e. The van der Waals surface area contributed by atoms with E-state index in [0.29, 0.717) is 16.4 Å². The zero-order valence-electron chi connectivity index (χ0n) is 10.2. The summed E-state index contributed by atoms with van der Waals surface area (Å²) in [6, 6.07) is 8.18. The van der Waals surface area contributed by atoms with Crippen LogP contribution in [0.2, 0.25) is 5.02 Å². The first-order valence-corrected chi connectivity index (χ1v) is 6.87. The number of rotatable bonds is 4. The number of benzene rings is 1. The van der Waals surface area contributed by atoms with Crippen LogP contribution >= 0.6 is 22.9 Å². The van der Waals surface area contributed by atoms with Gasteiger partial charge in [0.05, 0.1) is 16.4 Å². The molecule has 0 radical (unpaired) electrons. The van der Waals surface area contributed by atoms with Crippen LogP contribution in [0.4, 0.5) is 11.4 Å². The third-order valence-corrected chi connectivity index (χ3v) is 3.91. The van der Waals surface area contributed by atoms with Crippen LogP contribution in [-0.2, 0) is 4.79 Å². The third kappa shape index (κ3) is 2.92. The number of nitrogen functional groups attached to an aromatic ring is 1. The fourth-order valence-electron chi connectivity index (χ4n) is 1.70. The largest absolute Gasteiger partial charge is 0.480 e. The van der Waals surface area contributed by atoms with Gasteiger partial charge >= 0.3 is 5.97 Å². The average molecular weight is 311 g/mol. The maximum atomic E-state index is 12.4. The normalized spacial score (nSPS) is 10.2. The summed E-state index contributed by atoms with van der Waals surface area (Å²) < 4.78 is 0. The van der Waals surface area contributed by atoms with Crippen molar-refractivity contribution < 1.29 is 14.7 Å². The van der Waals surface area contributed by atoms with Crippen LogP contribution in [-0.4, -0.2) is 23.5 Å². The molecule has 2 rings (SSSR count). The fraction of sp³-hybridized carbons (Fsp3) is 0.0769. The molecule has 0 aliphatic heterocycles.